The summed E-state index contributed by atoms with van der Waals surface area (Å²) in [5, 5.41) is 22.6. The average molecular weight is 490 g/mol. The molecule has 5 heteroatoms. The van der Waals surface area contributed by atoms with Crippen molar-refractivity contribution in [3.63, 3.8) is 0 Å². The van der Waals surface area contributed by atoms with Crippen LogP contribution in [-0.2, 0) is 9.59 Å². The van der Waals surface area contributed by atoms with E-state index in [1.165, 1.54) is 44.9 Å². The lowest BCUT2D eigenvalue weighted by Crippen LogP contribution is -2.54. The van der Waals surface area contributed by atoms with Crippen LogP contribution in [0.5, 0.6) is 0 Å². The van der Waals surface area contributed by atoms with Crippen molar-refractivity contribution >= 4 is 11.9 Å². The van der Waals surface area contributed by atoms with Gasteiger partial charge in [-0.1, -0.05) is 41.0 Å². The van der Waals surface area contributed by atoms with Crippen molar-refractivity contribution in [2.45, 2.75) is 124 Å². The van der Waals surface area contributed by atoms with E-state index in [1.54, 1.807) is 0 Å². The van der Waals surface area contributed by atoms with Crippen molar-refractivity contribution in [1.29, 1.82) is 0 Å². The van der Waals surface area contributed by atoms with Crippen molar-refractivity contribution in [1.82, 2.24) is 5.32 Å². The predicted octanol–water partition coefficient (Wildman–Crippen LogP) is 6.04. The standard InChI is InChI=1S/C30H51NO4/c1-6-18(2)27(28(34)35)31-26(33)12-7-19(3)23-10-11-24-22-9-8-20-17-21(32)13-15-29(20,4)25(22)14-16-30(23,24)5/h18-25,27,32H,6-17H2,1-5H3,(H,31,33)(H,34,35)/t18?,19-,20-,21-,22+,23-,24+,25+,27+,29+,30-/m1/s1. The number of amides is 1. The number of carboxylic acid groups (broad SMARTS) is 1. The maximum atomic E-state index is 12.6. The summed E-state index contributed by atoms with van der Waals surface area (Å²) in [6, 6.07) is -0.788. The van der Waals surface area contributed by atoms with Crippen LogP contribution in [0.1, 0.15) is 112 Å². The van der Waals surface area contributed by atoms with E-state index in [0.29, 0.717) is 35.0 Å². The Labute approximate surface area is 213 Å². The summed E-state index contributed by atoms with van der Waals surface area (Å²) < 4.78 is 0. The van der Waals surface area contributed by atoms with E-state index in [4.69, 9.17) is 0 Å². The monoisotopic (exact) mass is 489 g/mol. The lowest BCUT2D eigenvalue weighted by Gasteiger charge is -2.61. The highest BCUT2D eigenvalue weighted by Crippen LogP contribution is 2.68. The molecule has 0 aliphatic heterocycles. The van der Waals surface area contributed by atoms with E-state index in [1.807, 2.05) is 13.8 Å². The normalized spacial score (nSPS) is 43.3. The molecule has 0 radical (unpaired) electrons. The van der Waals surface area contributed by atoms with Crippen molar-refractivity contribution in [2.75, 3.05) is 0 Å². The predicted molar refractivity (Wildman–Crippen MR) is 139 cm³/mol. The molecule has 1 unspecified atom stereocenters. The number of hydrogen-bond acceptors (Lipinski definition) is 3. The Hall–Kier alpha value is -1.10. The number of hydrogen-bond donors (Lipinski definition) is 3. The smallest absolute Gasteiger partial charge is 0.326 e. The lowest BCUT2D eigenvalue weighted by molar-refractivity contribution is -0.143. The number of rotatable bonds is 8. The molecule has 3 N–H and O–H groups in total. The fraction of sp³-hybridized carbons (Fsp3) is 0.933. The number of aliphatic hydroxyl groups is 1. The van der Waals surface area contributed by atoms with Crippen LogP contribution in [0.15, 0.2) is 0 Å². The highest BCUT2D eigenvalue weighted by molar-refractivity contribution is 5.83. The van der Waals surface area contributed by atoms with Crippen LogP contribution in [0.2, 0.25) is 0 Å². The van der Waals surface area contributed by atoms with E-state index in [9.17, 15) is 19.8 Å². The quantitative estimate of drug-likeness (QED) is 0.388. The zero-order valence-electron chi connectivity index (χ0n) is 22.9. The summed E-state index contributed by atoms with van der Waals surface area (Å²) in [7, 11) is 0. The topological polar surface area (TPSA) is 86.6 Å². The van der Waals surface area contributed by atoms with E-state index >= 15 is 0 Å². The molecular formula is C30H51NO4. The van der Waals surface area contributed by atoms with E-state index in [2.05, 4.69) is 26.1 Å². The van der Waals surface area contributed by atoms with Gasteiger partial charge in [0.15, 0.2) is 0 Å². The van der Waals surface area contributed by atoms with Gasteiger partial charge in [0.2, 0.25) is 5.91 Å². The first kappa shape index (κ1) is 26.9. The summed E-state index contributed by atoms with van der Waals surface area (Å²) >= 11 is 0. The zero-order chi connectivity index (χ0) is 25.5. The minimum absolute atomic E-state index is 0.0667. The van der Waals surface area contributed by atoms with Crippen LogP contribution >= 0.6 is 0 Å². The van der Waals surface area contributed by atoms with Crippen LogP contribution in [0, 0.1) is 52.3 Å². The summed E-state index contributed by atoms with van der Waals surface area (Å²) in [4.78, 5) is 24.2. The minimum Gasteiger partial charge on any atom is -0.480 e. The molecule has 0 spiro atoms. The number of carboxylic acids is 1. The van der Waals surface area contributed by atoms with Crippen LogP contribution in [-0.4, -0.2) is 34.2 Å². The Morgan fingerprint density at radius 2 is 1.66 bits per heavy atom. The highest BCUT2D eigenvalue weighted by Gasteiger charge is 2.60. The lowest BCUT2D eigenvalue weighted by atomic mass is 9.44. The first-order valence-electron chi connectivity index (χ1n) is 14.7. The number of carbonyl (C=O) groups is 2. The minimum atomic E-state index is -0.931. The Morgan fingerprint density at radius 1 is 0.971 bits per heavy atom. The summed E-state index contributed by atoms with van der Waals surface area (Å²) in [6.45, 7) is 11.3. The Bertz CT molecular complexity index is 784. The molecule has 4 rings (SSSR count). The Morgan fingerprint density at radius 3 is 2.34 bits per heavy atom. The molecular weight excluding hydrogens is 438 g/mol. The number of nitrogens with one attached hydrogen (secondary N) is 1. The van der Waals surface area contributed by atoms with Gasteiger partial charge >= 0.3 is 5.97 Å². The molecule has 5 nitrogen and oxygen atoms in total. The molecule has 0 aromatic rings. The first-order chi connectivity index (χ1) is 16.5. The number of carbonyl (C=O) groups excluding carboxylic acids is 1. The fourth-order valence-electron chi connectivity index (χ4n) is 9.70. The van der Waals surface area contributed by atoms with Gasteiger partial charge in [-0.2, -0.15) is 0 Å². The first-order valence-corrected chi connectivity index (χ1v) is 14.7. The van der Waals surface area contributed by atoms with E-state index in [-0.39, 0.29) is 17.9 Å². The molecule has 0 heterocycles. The zero-order valence-corrected chi connectivity index (χ0v) is 22.9. The number of aliphatic hydroxyl groups excluding tert-OH is 1. The molecule has 0 saturated heterocycles. The van der Waals surface area contributed by atoms with Gasteiger partial charge in [0, 0.05) is 6.42 Å². The second-order valence-corrected chi connectivity index (χ2v) is 13.6. The molecule has 4 saturated carbocycles. The maximum absolute atomic E-state index is 12.6. The van der Waals surface area contributed by atoms with E-state index in [0.717, 1.165) is 43.4 Å². The van der Waals surface area contributed by atoms with Gasteiger partial charge < -0.3 is 15.5 Å². The second-order valence-electron chi connectivity index (χ2n) is 13.6. The van der Waals surface area contributed by atoms with Crippen LogP contribution in [0.25, 0.3) is 0 Å². The molecule has 35 heavy (non-hydrogen) atoms. The van der Waals surface area contributed by atoms with Crippen molar-refractivity contribution in [3.8, 4) is 0 Å². The van der Waals surface area contributed by atoms with Crippen LogP contribution in [0.4, 0.5) is 0 Å². The number of fused-ring (bicyclic) bond motifs is 5. The van der Waals surface area contributed by atoms with Crippen molar-refractivity contribution in [3.05, 3.63) is 0 Å². The second kappa shape index (κ2) is 10.3. The van der Waals surface area contributed by atoms with E-state index < -0.39 is 12.0 Å². The molecule has 0 aromatic carbocycles. The molecule has 0 aromatic heterocycles. The van der Waals surface area contributed by atoms with Gasteiger partial charge in [-0.15, -0.1) is 0 Å². The summed E-state index contributed by atoms with van der Waals surface area (Å²) in [5.74, 6) is 3.19. The molecule has 4 fully saturated rings. The van der Waals surface area contributed by atoms with Gasteiger partial charge in [0.1, 0.15) is 6.04 Å². The summed E-state index contributed by atoms with van der Waals surface area (Å²) in [5.41, 5.74) is 0.788. The largest absolute Gasteiger partial charge is 0.480 e. The van der Waals surface area contributed by atoms with Gasteiger partial charge in [-0.3, -0.25) is 4.79 Å². The average Bonchev–Trinajstić information content (AvgIpc) is 3.18. The third kappa shape index (κ3) is 4.92. The maximum Gasteiger partial charge on any atom is 0.326 e. The molecule has 4 aliphatic rings. The third-order valence-electron chi connectivity index (χ3n) is 12.0. The molecule has 200 valence electrons. The fourth-order valence-corrected chi connectivity index (χ4v) is 9.70. The van der Waals surface area contributed by atoms with Crippen LogP contribution in [0.3, 0.4) is 0 Å². The van der Waals surface area contributed by atoms with Gasteiger partial charge in [-0.25, -0.2) is 4.79 Å². The molecule has 4 aliphatic carbocycles. The molecule has 11 atom stereocenters. The summed E-state index contributed by atoms with van der Waals surface area (Å²) in [6.07, 6.45) is 13.0. The SMILES string of the molecule is CCC(C)[C@H](NC(=O)CC[C@@H](C)[C@H]1CC[C@H]2[C@@H]3CC[C@@H]4C[C@H](O)CC[C@]4(C)[C@H]3CC[C@]12C)C(=O)O. The third-order valence-corrected chi connectivity index (χ3v) is 12.0. The van der Waals surface area contributed by atoms with Gasteiger partial charge in [-0.05, 0) is 116 Å². The highest BCUT2D eigenvalue weighted by atomic mass is 16.4. The molecule has 0 bridgehead atoms. The Kier molecular flexibility index (Phi) is 7.96. The van der Waals surface area contributed by atoms with Crippen molar-refractivity contribution in [2.24, 2.45) is 52.3 Å². The van der Waals surface area contributed by atoms with Crippen molar-refractivity contribution < 1.29 is 19.8 Å². The van der Waals surface area contributed by atoms with Gasteiger partial charge in [0.05, 0.1) is 6.10 Å². The van der Waals surface area contributed by atoms with Gasteiger partial charge in [0.25, 0.3) is 0 Å². The van der Waals surface area contributed by atoms with Crippen LogP contribution < -0.4 is 5.32 Å². The Balaban J connectivity index is 1.37. The molecule has 1 amide bonds. The number of aliphatic carboxylic acids is 1.